The second kappa shape index (κ2) is 8.86. The number of benzene rings is 1. The minimum Gasteiger partial charge on any atom is -0.497 e. The SMILES string of the molecule is COc1ccc(OC)c([C@@H]2C(C(=O)Nc3cccc(C)n3)=C(C)NC3=C2C(=O)CCC3)c1. The van der Waals surface area contributed by atoms with E-state index in [1.165, 1.54) is 0 Å². The van der Waals surface area contributed by atoms with E-state index >= 15 is 0 Å². The molecule has 7 nitrogen and oxygen atoms in total. The minimum atomic E-state index is -0.575. The monoisotopic (exact) mass is 433 g/mol. The van der Waals surface area contributed by atoms with Gasteiger partial charge < -0.3 is 20.1 Å². The van der Waals surface area contributed by atoms with Gasteiger partial charge in [0.1, 0.15) is 17.3 Å². The van der Waals surface area contributed by atoms with Crippen molar-refractivity contribution in [1.82, 2.24) is 10.3 Å². The number of nitrogens with one attached hydrogen (secondary N) is 2. The Morgan fingerprint density at radius 3 is 2.66 bits per heavy atom. The Balaban J connectivity index is 1.86. The lowest BCUT2D eigenvalue weighted by molar-refractivity contribution is -0.116. The van der Waals surface area contributed by atoms with E-state index in [0.717, 1.165) is 29.8 Å². The van der Waals surface area contributed by atoms with Gasteiger partial charge in [-0.3, -0.25) is 9.59 Å². The second-order valence-electron chi connectivity index (χ2n) is 7.99. The number of hydrogen-bond acceptors (Lipinski definition) is 6. The van der Waals surface area contributed by atoms with Crippen molar-refractivity contribution in [3.05, 3.63) is 70.2 Å². The number of amides is 1. The molecule has 2 aromatic rings. The zero-order valence-corrected chi connectivity index (χ0v) is 18.7. The summed E-state index contributed by atoms with van der Waals surface area (Å²) >= 11 is 0. The van der Waals surface area contributed by atoms with E-state index < -0.39 is 5.92 Å². The maximum Gasteiger partial charge on any atom is 0.255 e. The number of rotatable bonds is 5. The number of ketones is 1. The number of dihydropyridines is 1. The third-order valence-corrected chi connectivity index (χ3v) is 5.90. The number of anilines is 1. The van der Waals surface area contributed by atoms with Crippen LogP contribution in [0.25, 0.3) is 0 Å². The van der Waals surface area contributed by atoms with Crippen LogP contribution in [0.3, 0.4) is 0 Å². The fraction of sp³-hybridized carbons (Fsp3) is 0.320. The highest BCUT2D eigenvalue weighted by Gasteiger charge is 2.40. The maximum atomic E-state index is 13.6. The summed E-state index contributed by atoms with van der Waals surface area (Å²) in [6.45, 7) is 3.73. The Hall–Kier alpha value is -3.61. The first-order valence-electron chi connectivity index (χ1n) is 10.6. The molecular weight excluding hydrogens is 406 g/mol. The maximum absolute atomic E-state index is 13.6. The molecule has 1 aromatic carbocycles. The smallest absolute Gasteiger partial charge is 0.255 e. The van der Waals surface area contributed by atoms with E-state index in [2.05, 4.69) is 15.6 Å². The molecular formula is C25H27N3O4. The zero-order valence-electron chi connectivity index (χ0n) is 18.7. The molecule has 0 bridgehead atoms. The zero-order chi connectivity index (χ0) is 22.8. The molecule has 0 spiro atoms. The van der Waals surface area contributed by atoms with Gasteiger partial charge in [0, 0.05) is 40.2 Å². The number of ether oxygens (including phenoxy) is 2. The fourth-order valence-corrected chi connectivity index (χ4v) is 4.46. The number of hydrogen-bond donors (Lipinski definition) is 2. The number of pyridine rings is 1. The van der Waals surface area contributed by atoms with Crippen LogP contribution in [-0.4, -0.2) is 30.9 Å². The van der Waals surface area contributed by atoms with Gasteiger partial charge >= 0.3 is 0 Å². The number of allylic oxidation sites excluding steroid dienone is 3. The van der Waals surface area contributed by atoms with Gasteiger partial charge in [-0.05, 0) is 57.0 Å². The third-order valence-electron chi connectivity index (χ3n) is 5.90. The molecule has 0 unspecified atom stereocenters. The van der Waals surface area contributed by atoms with Crippen molar-refractivity contribution < 1.29 is 19.1 Å². The quantitative estimate of drug-likeness (QED) is 0.741. The van der Waals surface area contributed by atoms with Crippen LogP contribution >= 0.6 is 0 Å². The van der Waals surface area contributed by atoms with Crippen molar-refractivity contribution in [1.29, 1.82) is 0 Å². The number of aryl methyl sites for hydroxylation is 1. The van der Waals surface area contributed by atoms with E-state index in [1.54, 1.807) is 32.4 Å². The Kier molecular flexibility index (Phi) is 5.99. The standard InChI is InChI=1S/C25H27N3O4/c1-14-7-5-10-21(26-14)28-25(30)22-15(2)27-18-8-6-9-19(29)24(18)23(22)17-13-16(31-3)11-12-20(17)32-4/h5,7,10-13,23,27H,6,8-9H2,1-4H3,(H,26,28,30)/t23-/m1/s1. The average molecular weight is 434 g/mol. The highest BCUT2D eigenvalue weighted by atomic mass is 16.5. The lowest BCUT2D eigenvalue weighted by atomic mass is 9.74. The van der Waals surface area contributed by atoms with Crippen LogP contribution in [0.15, 0.2) is 58.9 Å². The molecule has 2 heterocycles. The average Bonchev–Trinajstić information content (AvgIpc) is 2.77. The molecule has 0 saturated carbocycles. The molecule has 2 aliphatic rings. The van der Waals surface area contributed by atoms with Gasteiger partial charge in [0.05, 0.1) is 20.1 Å². The van der Waals surface area contributed by atoms with Crippen molar-refractivity contribution in [3.63, 3.8) is 0 Å². The summed E-state index contributed by atoms with van der Waals surface area (Å²) in [5.41, 5.74) is 4.19. The van der Waals surface area contributed by atoms with Gasteiger partial charge in [-0.2, -0.15) is 0 Å². The van der Waals surface area contributed by atoms with Crippen LogP contribution in [0.4, 0.5) is 5.82 Å². The molecule has 1 amide bonds. The molecule has 0 saturated heterocycles. The van der Waals surface area contributed by atoms with E-state index in [-0.39, 0.29) is 11.7 Å². The number of carbonyl (C=O) groups excluding carboxylic acids is 2. The Morgan fingerprint density at radius 2 is 1.94 bits per heavy atom. The number of Topliss-reactive ketones (excluding diaryl/α,β-unsaturated/α-hetero) is 1. The summed E-state index contributed by atoms with van der Waals surface area (Å²) < 4.78 is 11.1. The lowest BCUT2D eigenvalue weighted by Gasteiger charge is -2.35. The van der Waals surface area contributed by atoms with Gasteiger partial charge in [0.15, 0.2) is 5.78 Å². The first-order chi connectivity index (χ1) is 15.4. The van der Waals surface area contributed by atoms with Gasteiger partial charge in [-0.15, -0.1) is 0 Å². The minimum absolute atomic E-state index is 0.0418. The summed E-state index contributed by atoms with van der Waals surface area (Å²) in [6, 6.07) is 10.9. The summed E-state index contributed by atoms with van der Waals surface area (Å²) in [4.78, 5) is 31.1. The normalized spacial score (nSPS) is 18.1. The van der Waals surface area contributed by atoms with Crippen molar-refractivity contribution >= 4 is 17.5 Å². The molecule has 1 aliphatic carbocycles. The van der Waals surface area contributed by atoms with E-state index in [9.17, 15) is 9.59 Å². The van der Waals surface area contributed by atoms with Crippen LogP contribution in [0.1, 0.15) is 43.4 Å². The van der Waals surface area contributed by atoms with Crippen molar-refractivity contribution in [2.45, 2.75) is 39.0 Å². The Labute approximate surface area is 187 Å². The molecule has 7 heteroatoms. The van der Waals surface area contributed by atoms with Gasteiger partial charge in [0.25, 0.3) is 5.91 Å². The van der Waals surface area contributed by atoms with Gasteiger partial charge in [-0.1, -0.05) is 6.07 Å². The van der Waals surface area contributed by atoms with E-state index in [0.29, 0.717) is 40.6 Å². The molecule has 0 fully saturated rings. The van der Waals surface area contributed by atoms with E-state index in [1.807, 2.05) is 32.0 Å². The highest BCUT2D eigenvalue weighted by Crippen LogP contribution is 2.46. The molecule has 0 radical (unpaired) electrons. The van der Waals surface area contributed by atoms with Crippen molar-refractivity contribution in [2.75, 3.05) is 19.5 Å². The summed E-state index contributed by atoms with van der Waals surface area (Å²) in [5.74, 6) is 0.834. The molecule has 1 aliphatic heterocycles. The molecule has 2 N–H and O–H groups in total. The van der Waals surface area contributed by atoms with Crippen LogP contribution in [-0.2, 0) is 9.59 Å². The number of nitrogens with zero attached hydrogens (tertiary/aromatic N) is 1. The predicted molar refractivity (Wildman–Crippen MR) is 122 cm³/mol. The summed E-state index contributed by atoms with van der Waals surface area (Å²) in [7, 11) is 3.17. The van der Waals surface area contributed by atoms with Crippen molar-refractivity contribution in [2.24, 2.45) is 0 Å². The van der Waals surface area contributed by atoms with Crippen LogP contribution in [0.5, 0.6) is 11.5 Å². The van der Waals surface area contributed by atoms with Gasteiger partial charge in [0.2, 0.25) is 0 Å². The molecule has 4 rings (SSSR count). The molecule has 1 aromatic heterocycles. The fourth-order valence-electron chi connectivity index (χ4n) is 4.46. The number of carbonyl (C=O) groups is 2. The summed E-state index contributed by atoms with van der Waals surface area (Å²) in [5, 5.41) is 6.23. The van der Waals surface area contributed by atoms with Gasteiger partial charge in [-0.25, -0.2) is 4.98 Å². The topological polar surface area (TPSA) is 89.6 Å². The van der Waals surface area contributed by atoms with Crippen molar-refractivity contribution in [3.8, 4) is 11.5 Å². The van der Waals surface area contributed by atoms with E-state index in [4.69, 9.17) is 9.47 Å². The highest BCUT2D eigenvalue weighted by molar-refractivity contribution is 6.09. The molecule has 166 valence electrons. The van der Waals surface area contributed by atoms with Crippen LogP contribution < -0.4 is 20.1 Å². The third kappa shape index (κ3) is 3.98. The summed E-state index contributed by atoms with van der Waals surface area (Å²) in [6.07, 6.45) is 2.00. The first kappa shape index (κ1) is 21.6. The molecule has 32 heavy (non-hydrogen) atoms. The first-order valence-corrected chi connectivity index (χ1v) is 10.6. The number of aromatic nitrogens is 1. The lowest BCUT2D eigenvalue weighted by Crippen LogP contribution is -2.35. The largest absolute Gasteiger partial charge is 0.497 e. The second-order valence-corrected chi connectivity index (χ2v) is 7.99. The Bertz CT molecular complexity index is 1150. The number of methoxy groups -OCH3 is 2. The Morgan fingerprint density at radius 1 is 1.12 bits per heavy atom. The van der Waals surface area contributed by atoms with Crippen LogP contribution in [0.2, 0.25) is 0 Å². The predicted octanol–water partition coefficient (Wildman–Crippen LogP) is 4.01. The molecule has 1 atom stereocenters. The van der Waals surface area contributed by atoms with Crippen LogP contribution in [0, 0.1) is 6.92 Å².